The molecule has 3 rings (SSSR count). The first-order chi connectivity index (χ1) is 12.6. The second-order valence-electron chi connectivity index (χ2n) is 5.29. The van der Waals surface area contributed by atoms with Crippen molar-refractivity contribution in [2.24, 2.45) is 5.10 Å². The number of benzene rings is 2. The predicted molar refractivity (Wildman–Crippen MR) is 97.1 cm³/mol. The van der Waals surface area contributed by atoms with Crippen molar-refractivity contribution in [1.29, 1.82) is 0 Å². The van der Waals surface area contributed by atoms with Gasteiger partial charge in [0.2, 0.25) is 0 Å². The normalized spacial score (nSPS) is 10.8. The molecule has 0 saturated carbocycles. The average Bonchev–Trinajstić information content (AvgIpc) is 2.67. The average molecular weight is 352 g/mol. The summed E-state index contributed by atoms with van der Waals surface area (Å²) < 4.78 is 15.5. The topological polar surface area (TPSA) is 90.1 Å². The number of nitrogens with one attached hydrogen (secondary N) is 1. The van der Waals surface area contributed by atoms with Crippen LogP contribution in [0, 0.1) is 0 Å². The van der Waals surface area contributed by atoms with Gasteiger partial charge in [-0.05, 0) is 24.3 Å². The highest BCUT2D eigenvalue weighted by molar-refractivity contribution is 5.97. The summed E-state index contributed by atoms with van der Waals surface area (Å²) in [6, 6.07) is 13.6. The van der Waals surface area contributed by atoms with Crippen LogP contribution in [0.25, 0.3) is 11.0 Å². The second-order valence-corrected chi connectivity index (χ2v) is 5.29. The van der Waals surface area contributed by atoms with Crippen molar-refractivity contribution < 1.29 is 18.7 Å². The van der Waals surface area contributed by atoms with Gasteiger partial charge < -0.3 is 13.9 Å². The summed E-state index contributed by atoms with van der Waals surface area (Å²) in [4.78, 5) is 24.2. The van der Waals surface area contributed by atoms with E-state index in [0.717, 1.165) is 0 Å². The van der Waals surface area contributed by atoms with Crippen LogP contribution in [0.2, 0.25) is 0 Å². The maximum absolute atomic E-state index is 12.2. The number of hydrazone groups is 1. The Morgan fingerprint density at radius 1 is 1.12 bits per heavy atom. The third-order valence-corrected chi connectivity index (χ3v) is 3.70. The van der Waals surface area contributed by atoms with Gasteiger partial charge >= 0.3 is 5.63 Å². The van der Waals surface area contributed by atoms with Crippen molar-refractivity contribution in [2.75, 3.05) is 14.2 Å². The minimum absolute atomic E-state index is 0.123. The predicted octanol–water partition coefficient (Wildman–Crippen LogP) is 2.57. The smallest absolute Gasteiger partial charge is 0.349 e. The van der Waals surface area contributed by atoms with E-state index in [9.17, 15) is 9.59 Å². The lowest BCUT2D eigenvalue weighted by Crippen LogP contribution is -2.24. The van der Waals surface area contributed by atoms with Crippen molar-refractivity contribution in [1.82, 2.24) is 5.43 Å². The Hall–Kier alpha value is -3.61. The number of hydrogen-bond donors (Lipinski definition) is 1. The lowest BCUT2D eigenvalue weighted by atomic mass is 10.2. The third-order valence-electron chi connectivity index (χ3n) is 3.70. The van der Waals surface area contributed by atoms with E-state index in [0.29, 0.717) is 28.0 Å². The number of nitrogens with zero attached hydrogens (tertiary/aromatic N) is 1. The van der Waals surface area contributed by atoms with Gasteiger partial charge in [-0.2, -0.15) is 5.10 Å². The SMILES string of the molecule is COc1ccc(/C=N/NC(=O)c2cc3ccccc3oc2=O)c(OC)c1. The fourth-order valence-electron chi connectivity index (χ4n) is 2.37. The number of methoxy groups -OCH3 is 2. The van der Waals surface area contributed by atoms with Crippen molar-refractivity contribution >= 4 is 23.1 Å². The molecule has 0 fully saturated rings. The molecular weight excluding hydrogens is 336 g/mol. The zero-order chi connectivity index (χ0) is 18.5. The maximum atomic E-state index is 12.2. The molecule has 0 aliphatic rings. The summed E-state index contributed by atoms with van der Waals surface area (Å²) in [5, 5.41) is 4.53. The standard InChI is InChI=1S/C19H16N2O5/c1-24-14-8-7-13(17(10-14)25-2)11-20-21-18(22)15-9-12-5-3-4-6-16(12)26-19(15)23/h3-11H,1-2H3,(H,21,22)/b20-11+. The van der Waals surface area contributed by atoms with Gasteiger partial charge in [0.15, 0.2) is 0 Å². The van der Waals surface area contributed by atoms with Gasteiger partial charge in [-0.15, -0.1) is 0 Å². The number of hydrogen-bond acceptors (Lipinski definition) is 6. The molecule has 1 heterocycles. The molecule has 0 bridgehead atoms. The number of carbonyl (C=O) groups excluding carboxylic acids is 1. The molecule has 1 aromatic heterocycles. The van der Waals surface area contributed by atoms with Gasteiger partial charge in [-0.1, -0.05) is 18.2 Å². The van der Waals surface area contributed by atoms with E-state index in [2.05, 4.69) is 10.5 Å². The van der Waals surface area contributed by atoms with E-state index in [-0.39, 0.29) is 5.56 Å². The molecule has 132 valence electrons. The lowest BCUT2D eigenvalue weighted by molar-refractivity contribution is 0.0951. The van der Waals surface area contributed by atoms with Gasteiger partial charge in [0.25, 0.3) is 5.91 Å². The van der Waals surface area contributed by atoms with Crippen LogP contribution in [0.5, 0.6) is 11.5 Å². The van der Waals surface area contributed by atoms with E-state index in [1.807, 2.05) is 0 Å². The first-order valence-corrected chi connectivity index (χ1v) is 7.70. The third kappa shape index (κ3) is 3.56. The molecule has 0 saturated heterocycles. The summed E-state index contributed by atoms with van der Waals surface area (Å²) in [5.41, 5.74) is 2.53. The highest BCUT2D eigenvalue weighted by Crippen LogP contribution is 2.23. The summed E-state index contributed by atoms with van der Waals surface area (Å²) in [7, 11) is 3.07. The molecule has 3 aromatic rings. The van der Waals surface area contributed by atoms with Crippen molar-refractivity contribution in [2.45, 2.75) is 0 Å². The molecule has 26 heavy (non-hydrogen) atoms. The molecular formula is C19H16N2O5. The molecule has 0 radical (unpaired) electrons. The Balaban J connectivity index is 1.80. The summed E-state index contributed by atoms with van der Waals surface area (Å²) >= 11 is 0. The van der Waals surface area contributed by atoms with Crippen LogP contribution in [0.4, 0.5) is 0 Å². The van der Waals surface area contributed by atoms with E-state index in [1.165, 1.54) is 19.4 Å². The molecule has 7 heteroatoms. The van der Waals surface area contributed by atoms with Crippen LogP contribution in [0.3, 0.4) is 0 Å². The Morgan fingerprint density at radius 3 is 2.69 bits per heavy atom. The Morgan fingerprint density at radius 2 is 1.92 bits per heavy atom. The van der Waals surface area contributed by atoms with Crippen LogP contribution in [-0.4, -0.2) is 26.3 Å². The van der Waals surface area contributed by atoms with Gasteiger partial charge in [-0.3, -0.25) is 4.79 Å². The number of para-hydroxylation sites is 1. The fraction of sp³-hybridized carbons (Fsp3) is 0.105. The minimum Gasteiger partial charge on any atom is -0.497 e. The molecule has 7 nitrogen and oxygen atoms in total. The first kappa shape index (κ1) is 17.2. The van der Waals surface area contributed by atoms with Crippen molar-refractivity contribution in [3.8, 4) is 11.5 Å². The zero-order valence-corrected chi connectivity index (χ0v) is 14.2. The fourth-order valence-corrected chi connectivity index (χ4v) is 2.37. The monoisotopic (exact) mass is 352 g/mol. The second kappa shape index (κ2) is 7.52. The van der Waals surface area contributed by atoms with Gasteiger partial charge in [-0.25, -0.2) is 10.2 Å². The van der Waals surface area contributed by atoms with Crippen LogP contribution in [0.1, 0.15) is 15.9 Å². The number of rotatable bonds is 5. The minimum atomic E-state index is -0.724. The van der Waals surface area contributed by atoms with E-state index in [4.69, 9.17) is 13.9 Å². The van der Waals surface area contributed by atoms with Gasteiger partial charge in [0, 0.05) is 17.0 Å². The number of amides is 1. The van der Waals surface area contributed by atoms with Crippen molar-refractivity contribution in [3.05, 3.63) is 70.1 Å². The molecule has 0 aliphatic carbocycles. The van der Waals surface area contributed by atoms with Crippen LogP contribution in [-0.2, 0) is 0 Å². The van der Waals surface area contributed by atoms with Gasteiger partial charge in [0.1, 0.15) is 22.6 Å². The largest absolute Gasteiger partial charge is 0.497 e. The van der Waals surface area contributed by atoms with Gasteiger partial charge in [0.05, 0.1) is 20.4 Å². The zero-order valence-electron chi connectivity index (χ0n) is 14.2. The molecule has 0 atom stereocenters. The molecule has 2 aromatic carbocycles. The van der Waals surface area contributed by atoms with E-state index < -0.39 is 11.5 Å². The highest BCUT2D eigenvalue weighted by Gasteiger charge is 2.13. The number of carbonyl (C=O) groups is 1. The first-order valence-electron chi connectivity index (χ1n) is 7.70. The quantitative estimate of drug-likeness (QED) is 0.433. The lowest BCUT2D eigenvalue weighted by Gasteiger charge is -2.06. The van der Waals surface area contributed by atoms with Crippen LogP contribution in [0.15, 0.2) is 62.8 Å². The molecule has 0 spiro atoms. The van der Waals surface area contributed by atoms with Crippen LogP contribution < -0.4 is 20.5 Å². The molecule has 0 aliphatic heterocycles. The van der Waals surface area contributed by atoms with Crippen molar-refractivity contribution in [3.63, 3.8) is 0 Å². The summed E-state index contributed by atoms with van der Waals surface area (Å²) in [6.45, 7) is 0. The Bertz CT molecular complexity index is 1040. The van der Waals surface area contributed by atoms with E-state index >= 15 is 0 Å². The molecule has 0 unspecified atom stereocenters. The summed E-state index contributed by atoms with van der Waals surface area (Å²) in [6.07, 6.45) is 1.42. The summed E-state index contributed by atoms with van der Waals surface area (Å²) in [5.74, 6) is 0.512. The number of fused-ring (bicyclic) bond motifs is 1. The maximum Gasteiger partial charge on any atom is 0.349 e. The molecule has 1 N–H and O–H groups in total. The Kier molecular flexibility index (Phi) is 4.98. The molecule has 1 amide bonds. The Labute approximate surface area is 148 Å². The van der Waals surface area contributed by atoms with E-state index in [1.54, 1.807) is 49.6 Å². The highest BCUT2D eigenvalue weighted by atomic mass is 16.5. The number of ether oxygens (including phenoxy) is 2. The van der Waals surface area contributed by atoms with Crippen LogP contribution >= 0.6 is 0 Å².